The number of ether oxygens (including phenoxy) is 1. The van der Waals surface area contributed by atoms with E-state index in [4.69, 9.17) is 16.3 Å². The first-order valence-corrected chi connectivity index (χ1v) is 6.28. The van der Waals surface area contributed by atoms with E-state index in [-0.39, 0.29) is 5.82 Å². The van der Waals surface area contributed by atoms with Crippen LogP contribution in [0.15, 0.2) is 48.5 Å². The first-order valence-electron chi connectivity index (χ1n) is 5.84. The highest BCUT2D eigenvalue weighted by atomic mass is 35.5. The zero-order chi connectivity index (χ0) is 13.0. The molecule has 1 atom stereocenters. The van der Waals surface area contributed by atoms with Crippen LogP contribution >= 0.6 is 11.6 Å². The predicted molar refractivity (Wildman–Crippen MR) is 71.7 cm³/mol. The standard InChI is InChI=1S/C15H14ClFO/c1-2-18-14-10-6-4-8-12(14)15(16)11-7-3-5-9-13(11)17/h3-10,15H,2H2,1H3. The van der Waals surface area contributed by atoms with Crippen LogP contribution in [0, 0.1) is 5.82 Å². The first kappa shape index (κ1) is 12.9. The fourth-order valence-electron chi connectivity index (χ4n) is 1.83. The third kappa shape index (κ3) is 2.65. The molecule has 2 rings (SSSR count). The van der Waals surface area contributed by atoms with Crippen molar-refractivity contribution in [1.82, 2.24) is 0 Å². The Labute approximate surface area is 111 Å². The van der Waals surface area contributed by atoms with Gasteiger partial charge in [0, 0.05) is 11.1 Å². The van der Waals surface area contributed by atoms with E-state index in [2.05, 4.69) is 0 Å². The van der Waals surface area contributed by atoms with Gasteiger partial charge in [0.25, 0.3) is 0 Å². The highest BCUT2D eigenvalue weighted by Crippen LogP contribution is 2.35. The molecule has 0 aromatic heterocycles. The second kappa shape index (κ2) is 5.87. The molecule has 1 nitrogen and oxygen atoms in total. The maximum absolute atomic E-state index is 13.7. The molecule has 0 N–H and O–H groups in total. The van der Waals surface area contributed by atoms with Crippen molar-refractivity contribution in [2.24, 2.45) is 0 Å². The Hall–Kier alpha value is -1.54. The molecule has 3 heteroatoms. The number of hydrogen-bond donors (Lipinski definition) is 0. The van der Waals surface area contributed by atoms with Gasteiger partial charge in [-0.25, -0.2) is 4.39 Å². The lowest BCUT2D eigenvalue weighted by Gasteiger charge is -2.15. The highest BCUT2D eigenvalue weighted by Gasteiger charge is 2.18. The van der Waals surface area contributed by atoms with Crippen LogP contribution in [0.1, 0.15) is 23.4 Å². The van der Waals surface area contributed by atoms with Crippen LogP contribution in [0.2, 0.25) is 0 Å². The minimum Gasteiger partial charge on any atom is -0.494 e. The summed E-state index contributed by atoms with van der Waals surface area (Å²) in [5.41, 5.74) is 1.25. The molecule has 0 heterocycles. The molecule has 0 aliphatic rings. The van der Waals surface area contributed by atoms with Crippen molar-refractivity contribution in [3.8, 4) is 5.75 Å². The van der Waals surface area contributed by atoms with E-state index in [1.165, 1.54) is 6.07 Å². The highest BCUT2D eigenvalue weighted by molar-refractivity contribution is 6.22. The minimum absolute atomic E-state index is 0.302. The van der Waals surface area contributed by atoms with Gasteiger partial charge in [0.1, 0.15) is 11.6 Å². The summed E-state index contributed by atoms with van der Waals surface area (Å²) in [5, 5.41) is -0.547. The van der Waals surface area contributed by atoms with Crippen molar-refractivity contribution in [1.29, 1.82) is 0 Å². The molecule has 0 spiro atoms. The van der Waals surface area contributed by atoms with Gasteiger partial charge in [0.15, 0.2) is 0 Å². The second-order valence-electron chi connectivity index (χ2n) is 3.85. The third-order valence-electron chi connectivity index (χ3n) is 2.67. The van der Waals surface area contributed by atoms with Crippen molar-refractivity contribution < 1.29 is 9.13 Å². The largest absolute Gasteiger partial charge is 0.494 e. The Balaban J connectivity index is 2.40. The second-order valence-corrected chi connectivity index (χ2v) is 4.29. The van der Waals surface area contributed by atoms with E-state index in [1.807, 2.05) is 31.2 Å². The lowest BCUT2D eigenvalue weighted by Crippen LogP contribution is -2.01. The van der Waals surface area contributed by atoms with Crippen molar-refractivity contribution in [3.05, 3.63) is 65.5 Å². The average Bonchev–Trinajstić information content (AvgIpc) is 2.40. The Bertz CT molecular complexity index is 527. The molecule has 0 aliphatic heterocycles. The maximum Gasteiger partial charge on any atom is 0.128 e. The van der Waals surface area contributed by atoms with Gasteiger partial charge < -0.3 is 4.74 Å². The number of para-hydroxylation sites is 1. The molecule has 0 fully saturated rings. The van der Waals surface area contributed by atoms with Gasteiger partial charge in [0.05, 0.1) is 12.0 Å². The van der Waals surface area contributed by atoms with Crippen molar-refractivity contribution in [3.63, 3.8) is 0 Å². The maximum atomic E-state index is 13.7. The normalized spacial score (nSPS) is 12.2. The Morgan fingerprint density at radius 1 is 1.06 bits per heavy atom. The molecule has 0 bridgehead atoms. The molecule has 2 aromatic rings. The van der Waals surface area contributed by atoms with Gasteiger partial charge in [-0.05, 0) is 19.1 Å². The van der Waals surface area contributed by atoms with Crippen molar-refractivity contribution in [2.45, 2.75) is 12.3 Å². The third-order valence-corrected chi connectivity index (χ3v) is 3.14. The van der Waals surface area contributed by atoms with Gasteiger partial charge in [-0.1, -0.05) is 36.4 Å². The van der Waals surface area contributed by atoms with Gasteiger partial charge in [0.2, 0.25) is 0 Å². The number of benzene rings is 2. The van der Waals surface area contributed by atoms with Gasteiger partial charge >= 0.3 is 0 Å². The van der Waals surface area contributed by atoms with Gasteiger partial charge in [-0.2, -0.15) is 0 Å². The quantitative estimate of drug-likeness (QED) is 0.736. The van der Waals surface area contributed by atoms with Crippen LogP contribution in [0.3, 0.4) is 0 Å². The van der Waals surface area contributed by atoms with Crippen molar-refractivity contribution in [2.75, 3.05) is 6.61 Å². The van der Waals surface area contributed by atoms with Gasteiger partial charge in [-0.3, -0.25) is 0 Å². The van der Waals surface area contributed by atoms with Crippen molar-refractivity contribution >= 4 is 11.6 Å². The summed E-state index contributed by atoms with van der Waals surface area (Å²) in [6, 6.07) is 14.0. The molecule has 0 radical (unpaired) electrons. The number of alkyl halides is 1. The molecule has 18 heavy (non-hydrogen) atoms. The zero-order valence-corrected chi connectivity index (χ0v) is 10.8. The monoisotopic (exact) mass is 264 g/mol. The predicted octanol–water partition coefficient (Wildman–Crippen LogP) is 4.55. The van der Waals surface area contributed by atoms with Crippen LogP contribution in [-0.4, -0.2) is 6.61 Å². The van der Waals surface area contributed by atoms with Gasteiger partial charge in [-0.15, -0.1) is 11.6 Å². The summed E-state index contributed by atoms with van der Waals surface area (Å²) in [7, 11) is 0. The van der Waals surface area contributed by atoms with E-state index in [0.29, 0.717) is 17.9 Å². The smallest absolute Gasteiger partial charge is 0.128 e. The fourth-order valence-corrected chi connectivity index (χ4v) is 2.18. The zero-order valence-electron chi connectivity index (χ0n) is 10.1. The molecule has 0 saturated heterocycles. The van der Waals surface area contributed by atoms with Crippen LogP contribution in [0.25, 0.3) is 0 Å². The van der Waals surface area contributed by atoms with E-state index < -0.39 is 5.38 Å². The van der Waals surface area contributed by atoms with Crippen LogP contribution in [0.4, 0.5) is 4.39 Å². The van der Waals surface area contributed by atoms with E-state index in [1.54, 1.807) is 18.2 Å². The van der Waals surface area contributed by atoms with E-state index in [0.717, 1.165) is 5.56 Å². The summed E-state index contributed by atoms with van der Waals surface area (Å²) in [4.78, 5) is 0. The summed E-state index contributed by atoms with van der Waals surface area (Å²) in [6.45, 7) is 2.46. The molecule has 2 aromatic carbocycles. The Morgan fingerprint density at radius 2 is 1.67 bits per heavy atom. The molecule has 1 unspecified atom stereocenters. The number of hydrogen-bond acceptors (Lipinski definition) is 1. The molecule has 0 amide bonds. The Morgan fingerprint density at radius 3 is 2.33 bits per heavy atom. The minimum atomic E-state index is -0.547. The molecular weight excluding hydrogens is 251 g/mol. The molecule has 0 saturated carbocycles. The number of halogens is 2. The molecular formula is C15H14ClFO. The van der Waals surface area contributed by atoms with Crippen LogP contribution in [-0.2, 0) is 0 Å². The summed E-state index contributed by atoms with van der Waals surface area (Å²) in [6.07, 6.45) is 0. The SMILES string of the molecule is CCOc1ccccc1C(Cl)c1ccccc1F. The van der Waals surface area contributed by atoms with E-state index in [9.17, 15) is 4.39 Å². The summed E-state index contributed by atoms with van der Waals surface area (Å²) in [5.74, 6) is 0.395. The Kier molecular flexibility index (Phi) is 4.21. The lowest BCUT2D eigenvalue weighted by molar-refractivity contribution is 0.336. The summed E-state index contributed by atoms with van der Waals surface area (Å²) >= 11 is 6.36. The fraction of sp³-hybridized carbons (Fsp3) is 0.200. The molecule has 0 aliphatic carbocycles. The topological polar surface area (TPSA) is 9.23 Å². The first-order chi connectivity index (χ1) is 8.74. The van der Waals surface area contributed by atoms with Crippen LogP contribution < -0.4 is 4.74 Å². The van der Waals surface area contributed by atoms with E-state index >= 15 is 0 Å². The summed E-state index contributed by atoms with van der Waals surface area (Å²) < 4.78 is 19.2. The number of rotatable bonds is 4. The average molecular weight is 265 g/mol. The van der Waals surface area contributed by atoms with Crippen LogP contribution in [0.5, 0.6) is 5.75 Å². The molecule has 94 valence electrons. The lowest BCUT2D eigenvalue weighted by atomic mass is 10.0.